The van der Waals surface area contributed by atoms with E-state index in [0.717, 1.165) is 11.8 Å². The average Bonchev–Trinajstić information content (AvgIpc) is 2.60. The highest BCUT2D eigenvalue weighted by Crippen LogP contribution is 2.24. The number of hydrogen-bond donors (Lipinski definition) is 1. The average molecular weight is 411 g/mol. The molecule has 0 bridgehead atoms. The fourth-order valence-electron chi connectivity index (χ4n) is 3.04. The van der Waals surface area contributed by atoms with Crippen LogP contribution >= 0.6 is 0 Å². The van der Waals surface area contributed by atoms with Crippen LogP contribution in [0.15, 0.2) is 24.3 Å². The lowest BCUT2D eigenvalue weighted by molar-refractivity contribution is -0.158. The summed E-state index contributed by atoms with van der Waals surface area (Å²) >= 11 is 0. The number of sulfonamides is 1. The molecule has 1 N–H and O–H groups in total. The second-order valence-electron chi connectivity index (χ2n) is 8.33. The summed E-state index contributed by atoms with van der Waals surface area (Å²) in [4.78, 5) is 24.6. The number of carbonyl (C=O) groups excluding carboxylic acids is 2. The first-order valence-corrected chi connectivity index (χ1v) is 11.3. The lowest BCUT2D eigenvalue weighted by Gasteiger charge is -2.29. The van der Waals surface area contributed by atoms with Crippen molar-refractivity contribution in [1.82, 2.24) is 4.31 Å². The number of ether oxygens (including phenoxy) is 1. The molecule has 28 heavy (non-hydrogen) atoms. The van der Waals surface area contributed by atoms with Crippen LogP contribution in [0.4, 0.5) is 5.69 Å². The summed E-state index contributed by atoms with van der Waals surface area (Å²) < 4.78 is 29.7. The minimum atomic E-state index is -3.24. The molecular weight excluding hydrogens is 380 g/mol. The molecule has 7 nitrogen and oxygen atoms in total. The summed E-state index contributed by atoms with van der Waals surface area (Å²) in [7, 11) is -3.24. The highest BCUT2D eigenvalue weighted by atomic mass is 32.2. The van der Waals surface area contributed by atoms with Crippen LogP contribution in [-0.2, 0) is 29.8 Å². The Hall–Kier alpha value is -1.93. The van der Waals surface area contributed by atoms with Crippen molar-refractivity contribution in [2.24, 2.45) is 5.92 Å². The highest BCUT2D eigenvalue weighted by Gasteiger charge is 2.31. The molecule has 2 rings (SSSR count). The second kappa shape index (κ2) is 8.61. The zero-order valence-corrected chi connectivity index (χ0v) is 18.0. The lowest BCUT2D eigenvalue weighted by Crippen LogP contribution is -2.41. The van der Waals surface area contributed by atoms with Crippen LogP contribution in [-0.4, -0.2) is 50.0 Å². The van der Waals surface area contributed by atoms with E-state index in [1.165, 1.54) is 11.2 Å². The largest absolute Gasteiger partial charge is 0.452 e. The highest BCUT2D eigenvalue weighted by molar-refractivity contribution is 7.88. The van der Waals surface area contributed by atoms with Crippen LogP contribution in [0, 0.1) is 5.92 Å². The van der Waals surface area contributed by atoms with Crippen molar-refractivity contribution >= 4 is 27.6 Å². The number of nitrogens with one attached hydrogen (secondary N) is 1. The van der Waals surface area contributed by atoms with E-state index in [2.05, 4.69) is 26.1 Å². The van der Waals surface area contributed by atoms with Crippen LogP contribution in [0.25, 0.3) is 0 Å². The molecule has 1 saturated heterocycles. The maximum atomic E-state index is 12.3. The maximum absolute atomic E-state index is 12.3. The van der Waals surface area contributed by atoms with Gasteiger partial charge in [-0.3, -0.25) is 9.59 Å². The molecule has 156 valence electrons. The van der Waals surface area contributed by atoms with Gasteiger partial charge in [0.25, 0.3) is 5.91 Å². The van der Waals surface area contributed by atoms with Crippen LogP contribution < -0.4 is 5.32 Å². The maximum Gasteiger partial charge on any atom is 0.309 e. The molecule has 8 heteroatoms. The molecule has 1 aromatic carbocycles. The molecule has 1 aromatic rings. The molecule has 1 heterocycles. The van der Waals surface area contributed by atoms with Crippen molar-refractivity contribution in [3.8, 4) is 0 Å². The minimum absolute atomic E-state index is 0.0258. The van der Waals surface area contributed by atoms with Gasteiger partial charge in [0.1, 0.15) is 0 Å². The van der Waals surface area contributed by atoms with Crippen molar-refractivity contribution in [2.45, 2.75) is 52.1 Å². The van der Waals surface area contributed by atoms with Gasteiger partial charge >= 0.3 is 5.97 Å². The molecule has 1 aliphatic heterocycles. The number of anilines is 1. The van der Waals surface area contributed by atoms with E-state index in [1.54, 1.807) is 0 Å². The first-order chi connectivity index (χ1) is 12.9. The second-order valence-corrected chi connectivity index (χ2v) is 10.3. The Labute approximate surface area is 167 Å². The molecule has 0 aliphatic carbocycles. The Morgan fingerprint density at radius 1 is 1.14 bits per heavy atom. The van der Waals surface area contributed by atoms with Gasteiger partial charge in [0.05, 0.1) is 12.2 Å². The number of benzene rings is 1. The molecule has 0 spiro atoms. The molecule has 1 unspecified atom stereocenters. The van der Waals surface area contributed by atoms with Gasteiger partial charge in [-0.25, -0.2) is 12.7 Å². The zero-order valence-electron chi connectivity index (χ0n) is 17.2. The Balaban J connectivity index is 1.86. The number of piperidine rings is 1. The molecule has 0 aromatic heterocycles. The first kappa shape index (κ1) is 22.4. The van der Waals surface area contributed by atoms with E-state index in [0.29, 0.717) is 31.6 Å². The van der Waals surface area contributed by atoms with Gasteiger partial charge in [-0.15, -0.1) is 0 Å². The fraction of sp³-hybridized carbons (Fsp3) is 0.600. The third-order valence-corrected chi connectivity index (χ3v) is 6.24. The Bertz CT molecular complexity index is 804. The van der Waals surface area contributed by atoms with Crippen molar-refractivity contribution < 1.29 is 22.7 Å². The summed E-state index contributed by atoms with van der Waals surface area (Å²) in [6.07, 6.45) is 1.03. The number of rotatable bonds is 5. The number of amides is 1. The first-order valence-electron chi connectivity index (χ1n) is 9.45. The van der Waals surface area contributed by atoms with Gasteiger partial charge in [0.15, 0.2) is 6.10 Å². The SMILES string of the molecule is CC(OC(=O)C1CCN(S(C)(=O)=O)CC1)C(=O)Nc1ccc(C(C)(C)C)cc1. The van der Waals surface area contributed by atoms with E-state index in [1.807, 2.05) is 24.3 Å². The third kappa shape index (κ3) is 6.04. The van der Waals surface area contributed by atoms with Crippen molar-refractivity contribution in [2.75, 3.05) is 24.7 Å². The van der Waals surface area contributed by atoms with Gasteiger partial charge in [-0.1, -0.05) is 32.9 Å². The smallest absolute Gasteiger partial charge is 0.309 e. The van der Waals surface area contributed by atoms with E-state index in [9.17, 15) is 18.0 Å². The molecule has 1 aliphatic rings. The van der Waals surface area contributed by atoms with Crippen LogP contribution in [0.2, 0.25) is 0 Å². The summed E-state index contributed by atoms with van der Waals surface area (Å²) in [5.74, 6) is -1.25. The number of esters is 1. The predicted octanol–water partition coefficient (Wildman–Crippen LogP) is 2.53. The van der Waals surface area contributed by atoms with E-state index in [-0.39, 0.29) is 11.3 Å². The molecule has 1 amide bonds. The van der Waals surface area contributed by atoms with Gasteiger partial charge in [-0.2, -0.15) is 0 Å². The number of carbonyl (C=O) groups is 2. The molecule has 0 radical (unpaired) electrons. The van der Waals surface area contributed by atoms with Gasteiger partial charge in [0.2, 0.25) is 10.0 Å². The number of nitrogens with zero attached hydrogens (tertiary/aromatic N) is 1. The monoisotopic (exact) mass is 410 g/mol. The van der Waals surface area contributed by atoms with Crippen LogP contribution in [0.3, 0.4) is 0 Å². The predicted molar refractivity (Wildman–Crippen MR) is 108 cm³/mol. The fourth-order valence-corrected chi connectivity index (χ4v) is 3.92. The summed E-state index contributed by atoms with van der Waals surface area (Å²) in [6.45, 7) is 8.45. The molecule has 1 atom stereocenters. The van der Waals surface area contributed by atoms with E-state index < -0.39 is 28.0 Å². The Morgan fingerprint density at radius 2 is 1.68 bits per heavy atom. The summed E-state index contributed by atoms with van der Waals surface area (Å²) in [6, 6.07) is 7.57. The lowest BCUT2D eigenvalue weighted by atomic mass is 9.87. The quantitative estimate of drug-likeness (QED) is 0.753. The zero-order chi connectivity index (χ0) is 21.1. The van der Waals surface area contributed by atoms with Gasteiger partial charge in [-0.05, 0) is 42.9 Å². The van der Waals surface area contributed by atoms with Gasteiger partial charge < -0.3 is 10.1 Å². The summed E-state index contributed by atoms with van der Waals surface area (Å²) in [5, 5.41) is 2.75. The molecule has 0 saturated carbocycles. The van der Waals surface area contributed by atoms with Crippen molar-refractivity contribution in [1.29, 1.82) is 0 Å². The minimum Gasteiger partial charge on any atom is -0.452 e. The van der Waals surface area contributed by atoms with E-state index >= 15 is 0 Å². The molecule has 1 fully saturated rings. The Kier molecular flexibility index (Phi) is 6.88. The van der Waals surface area contributed by atoms with Crippen molar-refractivity contribution in [3.63, 3.8) is 0 Å². The third-order valence-electron chi connectivity index (χ3n) is 4.94. The van der Waals surface area contributed by atoms with Gasteiger partial charge in [0, 0.05) is 18.8 Å². The summed E-state index contributed by atoms with van der Waals surface area (Å²) in [5.41, 5.74) is 1.82. The van der Waals surface area contributed by atoms with Crippen LogP contribution in [0.1, 0.15) is 46.1 Å². The van der Waals surface area contributed by atoms with Crippen molar-refractivity contribution in [3.05, 3.63) is 29.8 Å². The topological polar surface area (TPSA) is 92.8 Å². The standard InChI is InChI=1S/C20H30N2O5S/c1-14(18(23)21-17-8-6-16(7-9-17)20(2,3)4)27-19(24)15-10-12-22(13-11-15)28(5,25)26/h6-9,14-15H,10-13H2,1-5H3,(H,21,23). The number of hydrogen-bond acceptors (Lipinski definition) is 5. The Morgan fingerprint density at radius 3 is 2.14 bits per heavy atom. The van der Waals surface area contributed by atoms with Crippen LogP contribution in [0.5, 0.6) is 0 Å². The van der Waals surface area contributed by atoms with E-state index in [4.69, 9.17) is 4.74 Å². The normalized spacial score (nSPS) is 17.8. The molecular formula is C20H30N2O5S.